The molecule has 0 unspecified atom stereocenters. The Kier molecular flexibility index (Phi) is 3.84. The number of methoxy groups -OCH3 is 1. The number of nitrogens with zero attached hydrogens (tertiary/aromatic N) is 2. The van der Waals surface area contributed by atoms with Gasteiger partial charge in [-0.1, -0.05) is 6.08 Å². The Morgan fingerprint density at radius 2 is 2.30 bits per heavy atom. The second-order valence-corrected chi connectivity index (χ2v) is 1.48. The fourth-order valence-electron chi connectivity index (χ4n) is 0.405. The van der Waals surface area contributed by atoms with Gasteiger partial charge in [-0.15, -0.1) is 0 Å². The van der Waals surface area contributed by atoms with Gasteiger partial charge in [-0.05, 0) is 6.92 Å². The minimum Gasteiger partial charge on any atom is -0.460 e. The van der Waals surface area contributed by atoms with Crippen molar-refractivity contribution in [1.82, 2.24) is 0 Å². The normalized spacial score (nSPS) is 9.00. The fourth-order valence-corrected chi connectivity index (χ4v) is 0.405. The Morgan fingerprint density at radius 3 is 2.60 bits per heavy atom. The topological polar surface area (TPSA) is 62.7 Å². The Balaban J connectivity index is 4.39. The molecular weight excluding hydrogens is 132 g/mol. The molecule has 0 atom stereocenters. The van der Waals surface area contributed by atoms with E-state index in [0.717, 1.165) is 0 Å². The van der Waals surface area contributed by atoms with Crippen LogP contribution >= 0.6 is 0 Å². The maximum atomic E-state index is 10.6. The predicted molar refractivity (Wildman–Crippen MR) is 35.5 cm³/mol. The van der Waals surface area contributed by atoms with Crippen LogP contribution in [-0.4, -0.2) is 23.6 Å². The third kappa shape index (κ3) is 2.24. The number of rotatable bonds is 2. The largest absolute Gasteiger partial charge is 0.460 e. The van der Waals surface area contributed by atoms with Gasteiger partial charge in [0.2, 0.25) is 0 Å². The molecule has 0 spiro atoms. The summed E-state index contributed by atoms with van der Waals surface area (Å²) >= 11 is 0. The first-order valence-corrected chi connectivity index (χ1v) is 2.69. The van der Waals surface area contributed by atoms with E-state index in [0.29, 0.717) is 0 Å². The molecule has 54 valence electrons. The monoisotopic (exact) mass is 140 g/mol. The van der Waals surface area contributed by atoms with Gasteiger partial charge in [-0.25, -0.2) is 4.79 Å². The molecule has 0 aliphatic carbocycles. The first-order valence-electron chi connectivity index (χ1n) is 2.69. The predicted octanol–water partition coefficient (Wildman–Crippen LogP) is 0.406. The van der Waals surface area contributed by atoms with Crippen molar-refractivity contribution < 1.29 is 14.3 Å². The molecule has 0 aromatic rings. The number of esters is 1. The average Bonchev–Trinajstić information content (AvgIpc) is 1.99. The van der Waals surface area contributed by atoms with E-state index in [-0.39, 0.29) is 5.71 Å². The van der Waals surface area contributed by atoms with Crippen LogP contribution in [0.1, 0.15) is 6.92 Å². The molecule has 0 aliphatic heterocycles. The standard InChI is InChI=1S/C6H8N2O2/c1-3-4-5(8-7)6(9)10-2/h3-4H,1-2H3/b4-3-. The molecule has 4 heteroatoms. The molecule has 0 aromatic heterocycles. The van der Waals surface area contributed by atoms with Gasteiger partial charge in [-0.3, -0.25) is 0 Å². The van der Waals surface area contributed by atoms with E-state index in [1.807, 2.05) is 0 Å². The van der Waals surface area contributed by atoms with E-state index in [1.165, 1.54) is 13.2 Å². The minimum absolute atomic E-state index is 0.106. The van der Waals surface area contributed by atoms with E-state index in [9.17, 15) is 4.79 Å². The lowest BCUT2D eigenvalue weighted by Crippen LogP contribution is -2.13. The molecule has 10 heavy (non-hydrogen) atoms. The highest BCUT2D eigenvalue weighted by Crippen LogP contribution is 1.80. The van der Waals surface area contributed by atoms with Crippen LogP contribution in [0.3, 0.4) is 0 Å². The van der Waals surface area contributed by atoms with Crippen LogP contribution in [0.2, 0.25) is 0 Å². The highest BCUT2D eigenvalue weighted by molar-refractivity contribution is 6.38. The van der Waals surface area contributed by atoms with Gasteiger partial charge in [-0.2, -0.15) is 4.79 Å². The summed E-state index contributed by atoms with van der Waals surface area (Å²) in [5, 5.41) is 0. The van der Waals surface area contributed by atoms with Crippen molar-refractivity contribution in [3.63, 3.8) is 0 Å². The third-order valence-corrected chi connectivity index (χ3v) is 0.827. The molecule has 0 N–H and O–H groups in total. The SMILES string of the molecule is C/C=C\C(=[N+]=[N-])C(=O)OC. The molecule has 0 amide bonds. The Hall–Kier alpha value is -1.41. The van der Waals surface area contributed by atoms with Crippen molar-refractivity contribution in [2.45, 2.75) is 6.92 Å². The molecule has 0 saturated heterocycles. The number of hydrogen-bond donors (Lipinski definition) is 0. The molecule has 0 aliphatic rings. The molecular formula is C6H8N2O2. The van der Waals surface area contributed by atoms with Gasteiger partial charge >= 0.3 is 11.7 Å². The van der Waals surface area contributed by atoms with Crippen LogP contribution in [0.25, 0.3) is 5.53 Å². The van der Waals surface area contributed by atoms with Crippen LogP contribution in [0, 0.1) is 0 Å². The van der Waals surface area contributed by atoms with E-state index < -0.39 is 5.97 Å². The van der Waals surface area contributed by atoms with Gasteiger partial charge in [0.15, 0.2) is 0 Å². The quantitative estimate of drug-likeness (QED) is 0.241. The lowest BCUT2D eigenvalue weighted by atomic mass is 10.3. The first kappa shape index (κ1) is 8.59. The van der Waals surface area contributed by atoms with E-state index in [2.05, 4.69) is 9.53 Å². The minimum atomic E-state index is -0.652. The lowest BCUT2D eigenvalue weighted by molar-refractivity contribution is -0.137. The van der Waals surface area contributed by atoms with Gasteiger partial charge in [0.05, 0.1) is 7.11 Å². The summed E-state index contributed by atoms with van der Waals surface area (Å²) in [6.07, 6.45) is 2.93. The fraction of sp³-hybridized carbons (Fsp3) is 0.333. The van der Waals surface area contributed by atoms with Crippen molar-refractivity contribution in [2.75, 3.05) is 7.11 Å². The number of ether oxygens (including phenoxy) is 1. The summed E-state index contributed by atoms with van der Waals surface area (Å²) in [4.78, 5) is 13.3. The van der Waals surface area contributed by atoms with E-state index >= 15 is 0 Å². The second kappa shape index (κ2) is 4.47. The summed E-state index contributed by atoms with van der Waals surface area (Å²) in [6, 6.07) is 0. The highest BCUT2D eigenvalue weighted by Gasteiger charge is 2.15. The van der Waals surface area contributed by atoms with Crippen LogP contribution in [0.5, 0.6) is 0 Å². The molecule has 0 aromatic carbocycles. The summed E-state index contributed by atoms with van der Waals surface area (Å²) in [6.45, 7) is 1.70. The smallest absolute Gasteiger partial charge is 0.421 e. The number of hydrogen-bond acceptors (Lipinski definition) is 2. The lowest BCUT2D eigenvalue weighted by Gasteiger charge is -1.85. The zero-order valence-electron chi connectivity index (χ0n) is 5.87. The maximum absolute atomic E-state index is 10.6. The molecule has 0 rings (SSSR count). The Bertz CT molecular complexity index is 202. The molecule has 0 fully saturated rings. The maximum Gasteiger partial charge on any atom is 0.421 e. The van der Waals surface area contributed by atoms with Crippen LogP contribution in [0.15, 0.2) is 12.2 Å². The van der Waals surface area contributed by atoms with Crippen LogP contribution < -0.4 is 0 Å². The Labute approximate surface area is 58.7 Å². The summed E-state index contributed by atoms with van der Waals surface area (Å²) in [5.74, 6) is -0.652. The molecule has 0 radical (unpaired) electrons. The van der Waals surface area contributed by atoms with Crippen LogP contribution in [0.4, 0.5) is 0 Å². The number of carbonyl (C=O) groups is 1. The molecule has 0 saturated carbocycles. The van der Waals surface area contributed by atoms with Crippen molar-refractivity contribution in [1.29, 1.82) is 0 Å². The van der Waals surface area contributed by atoms with E-state index in [1.54, 1.807) is 13.0 Å². The average molecular weight is 140 g/mol. The van der Waals surface area contributed by atoms with Crippen LogP contribution in [-0.2, 0) is 9.53 Å². The molecule has 4 nitrogen and oxygen atoms in total. The molecule has 0 heterocycles. The molecule has 0 bridgehead atoms. The van der Waals surface area contributed by atoms with Gasteiger partial charge in [0, 0.05) is 6.08 Å². The summed E-state index contributed by atoms with van der Waals surface area (Å²) < 4.78 is 4.27. The Morgan fingerprint density at radius 1 is 1.70 bits per heavy atom. The van der Waals surface area contributed by atoms with Crippen molar-refractivity contribution in [2.24, 2.45) is 0 Å². The van der Waals surface area contributed by atoms with Crippen molar-refractivity contribution >= 4 is 11.7 Å². The second-order valence-electron chi connectivity index (χ2n) is 1.48. The van der Waals surface area contributed by atoms with Gasteiger partial charge in [0.25, 0.3) is 0 Å². The van der Waals surface area contributed by atoms with E-state index in [4.69, 9.17) is 5.53 Å². The number of allylic oxidation sites excluding steroid dienone is 1. The van der Waals surface area contributed by atoms with Gasteiger partial charge < -0.3 is 10.3 Å². The number of carbonyl (C=O) groups excluding carboxylic acids is 1. The van der Waals surface area contributed by atoms with Crippen molar-refractivity contribution in [3.05, 3.63) is 17.7 Å². The highest BCUT2D eigenvalue weighted by atomic mass is 16.5. The summed E-state index contributed by atoms with van der Waals surface area (Å²) in [7, 11) is 1.22. The third-order valence-electron chi connectivity index (χ3n) is 0.827. The van der Waals surface area contributed by atoms with Crippen molar-refractivity contribution in [3.8, 4) is 0 Å². The zero-order valence-corrected chi connectivity index (χ0v) is 5.87. The zero-order chi connectivity index (χ0) is 7.98. The first-order chi connectivity index (χ1) is 4.76. The van der Waals surface area contributed by atoms with Gasteiger partial charge in [0.1, 0.15) is 0 Å². The summed E-state index contributed by atoms with van der Waals surface area (Å²) in [5.41, 5.74) is 8.09.